The first kappa shape index (κ1) is 24.7. The number of aryl methyl sites for hydroxylation is 1. The van der Waals surface area contributed by atoms with E-state index in [0.717, 1.165) is 50.3 Å². The van der Waals surface area contributed by atoms with Crippen molar-refractivity contribution in [1.82, 2.24) is 34.3 Å². The Kier molecular flexibility index (Phi) is 6.96. The zero-order chi connectivity index (χ0) is 25.4. The number of fused-ring (bicyclic) bond motifs is 1. The van der Waals surface area contributed by atoms with Crippen molar-refractivity contribution >= 4 is 33.5 Å². The number of aromatic nitrogens is 5. The van der Waals surface area contributed by atoms with Crippen molar-refractivity contribution in [1.29, 1.82) is 0 Å². The van der Waals surface area contributed by atoms with Crippen LogP contribution in [0.25, 0.3) is 22.3 Å². The summed E-state index contributed by atoms with van der Waals surface area (Å²) in [5.41, 5.74) is 1.22. The second-order valence-electron chi connectivity index (χ2n) is 9.31. The molecule has 1 fully saturated rings. The Hall–Kier alpha value is -3.02. The molecule has 0 unspecified atom stereocenters. The minimum absolute atomic E-state index is 0.0213. The standard InChI is InChI=1S/C25H30F2N8S/c1-5-33-6-8-34(9-7-33)14-18-12-29-25(36-18)32-24-28-13-20(27)22(31-24)17-10-19(26)23-21(11-17)35(15(2)3)16(4)30-23/h10-13,15H,5-9,14H2,1-4H3,(H,28,29,31,32). The molecule has 4 aromatic rings. The molecule has 190 valence electrons. The van der Waals surface area contributed by atoms with Crippen molar-refractivity contribution in [2.75, 3.05) is 38.0 Å². The van der Waals surface area contributed by atoms with E-state index in [-0.39, 0.29) is 23.2 Å². The number of hydrogen-bond donors (Lipinski definition) is 1. The Labute approximate surface area is 213 Å². The number of nitrogens with one attached hydrogen (secondary N) is 1. The second kappa shape index (κ2) is 10.2. The smallest absolute Gasteiger partial charge is 0.229 e. The van der Waals surface area contributed by atoms with Gasteiger partial charge in [0.15, 0.2) is 16.8 Å². The number of likely N-dealkylation sites (N-methyl/N-ethyl adjacent to an activating group) is 1. The Morgan fingerprint density at radius 2 is 1.75 bits per heavy atom. The molecular weight excluding hydrogens is 482 g/mol. The lowest BCUT2D eigenvalue weighted by molar-refractivity contribution is 0.133. The molecule has 1 saturated heterocycles. The number of halogens is 2. The van der Waals surface area contributed by atoms with Gasteiger partial charge < -0.3 is 14.8 Å². The molecule has 0 saturated carbocycles. The largest absolute Gasteiger partial charge is 0.326 e. The Morgan fingerprint density at radius 3 is 2.47 bits per heavy atom. The third kappa shape index (κ3) is 4.95. The molecule has 0 radical (unpaired) electrons. The van der Waals surface area contributed by atoms with Crippen molar-refractivity contribution in [3.05, 3.63) is 46.9 Å². The van der Waals surface area contributed by atoms with Crippen LogP contribution >= 0.6 is 11.3 Å². The normalized spacial score (nSPS) is 15.3. The highest BCUT2D eigenvalue weighted by Gasteiger charge is 2.19. The third-order valence-corrected chi connectivity index (χ3v) is 7.42. The van der Waals surface area contributed by atoms with E-state index in [4.69, 9.17) is 0 Å². The highest BCUT2D eigenvalue weighted by atomic mass is 32.1. The van der Waals surface area contributed by atoms with Gasteiger partial charge in [-0.25, -0.2) is 28.7 Å². The van der Waals surface area contributed by atoms with Gasteiger partial charge in [0.25, 0.3) is 0 Å². The van der Waals surface area contributed by atoms with Crippen LogP contribution in [0.2, 0.25) is 0 Å². The summed E-state index contributed by atoms with van der Waals surface area (Å²) in [6.07, 6.45) is 2.95. The summed E-state index contributed by atoms with van der Waals surface area (Å²) in [6.45, 7) is 14.2. The van der Waals surface area contributed by atoms with Gasteiger partial charge in [0.1, 0.15) is 17.0 Å². The maximum absolute atomic E-state index is 14.9. The first-order valence-electron chi connectivity index (χ1n) is 12.2. The van der Waals surface area contributed by atoms with Gasteiger partial charge in [-0.05, 0) is 39.4 Å². The predicted molar refractivity (Wildman–Crippen MR) is 139 cm³/mol. The average Bonchev–Trinajstić information content (AvgIpc) is 3.44. The fourth-order valence-electron chi connectivity index (χ4n) is 4.71. The Morgan fingerprint density at radius 1 is 1.00 bits per heavy atom. The summed E-state index contributed by atoms with van der Waals surface area (Å²) >= 11 is 1.52. The lowest BCUT2D eigenvalue weighted by Crippen LogP contribution is -2.45. The van der Waals surface area contributed by atoms with Crippen LogP contribution in [0.5, 0.6) is 0 Å². The number of thiazole rings is 1. The molecule has 0 atom stereocenters. The van der Waals surface area contributed by atoms with E-state index < -0.39 is 11.6 Å². The van der Waals surface area contributed by atoms with E-state index in [2.05, 4.69) is 42.0 Å². The molecule has 8 nitrogen and oxygen atoms in total. The molecule has 5 rings (SSSR count). The average molecular weight is 513 g/mol. The lowest BCUT2D eigenvalue weighted by Gasteiger charge is -2.33. The first-order chi connectivity index (χ1) is 17.3. The number of rotatable bonds is 7. The van der Waals surface area contributed by atoms with Gasteiger partial charge in [0.2, 0.25) is 5.95 Å². The minimum atomic E-state index is -0.627. The highest BCUT2D eigenvalue weighted by molar-refractivity contribution is 7.15. The molecular formula is C25H30F2N8S. The molecule has 36 heavy (non-hydrogen) atoms. The molecule has 1 N–H and O–H groups in total. The lowest BCUT2D eigenvalue weighted by atomic mass is 10.1. The summed E-state index contributed by atoms with van der Waals surface area (Å²) in [5.74, 6) is -0.231. The van der Waals surface area contributed by atoms with E-state index in [1.165, 1.54) is 17.4 Å². The van der Waals surface area contributed by atoms with Crippen LogP contribution in [0.1, 0.15) is 37.5 Å². The van der Waals surface area contributed by atoms with Gasteiger partial charge in [-0.15, -0.1) is 11.3 Å². The molecule has 1 aromatic carbocycles. The maximum atomic E-state index is 14.9. The SMILES string of the molecule is CCN1CCN(Cc2cnc(Nc3ncc(F)c(-c4cc(F)c5nc(C)n(C(C)C)c5c4)n3)s2)CC1. The van der Waals surface area contributed by atoms with Crippen molar-refractivity contribution in [3.63, 3.8) is 0 Å². The van der Waals surface area contributed by atoms with E-state index in [1.807, 2.05) is 31.5 Å². The topological polar surface area (TPSA) is 75.0 Å². The summed E-state index contributed by atoms with van der Waals surface area (Å²) in [6, 6.07) is 3.08. The van der Waals surface area contributed by atoms with Gasteiger partial charge >= 0.3 is 0 Å². The predicted octanol–water partition coefficient (Wildman–Crippen LogP) is 5.00. The highest BCUT2D eigenvalue weighted by Crippen LogP contribution is 2.31. The van der Waals surface area contributed by atoms with Gasteiger partial charge in [-0.1, -0.05) is 6.92 Å². The fraction of sp³-hybridized carbons (Fsp3) is 0.440. The van der Waals surface area contributed by atoms with E-state index >= 15 is 0 Å². The second-order valence-corrected chi connectivity index (χ2v) is 10.4. The number of piperazine rings is 1. The third-order valence-electron chi connectivity index (χ3n) is 6.52. The molecule has 0 amide bonds. The quantitative estimate of drug-likeness (QED) is 0.374. The van der Waals surface area contributed by atoms with Gasteiger partial charge in [-0.2, -0.15) is 0 Å². The van der Waals surface area contributed by atoms with Crippen LogP contribution in [-0.2, 0) is 6.54 Å². The number of anilines is 2. The maximum Gasteiger partial charge on any atom is 0.229 e. The monoisotopic (exact) mass is 512 g/mol. The number of benzene rings is 1. The van der Waals surface area contributed by atoms with Crippen LogP contribution in [0.3, 0.4) is 0 Å². The zero-order valence-electron chi connectivity index (χ0n) is 20.9. The van der Waals surface area contributed by atoms with E-state index in [9.17, 15) is 8.78 Å². The Bertz CT molecular complexity index is 1370. The number of imidazole rings is 1. The van der Waals surface area contributed by atoms with Gasteiger partial charge in [0, 0.05) is 55.4 Å². The molecule has 0 spiro atoms. The van der Waals surface area contributed by atoms with Crippen molar-refractivity contribution in [2.45, 2.75) is 40.3 Å². The van der Waals surface area contributed by atoms with Crippen molar-refractivity contribution in [3.8, 4) is 11.3 Å². The molecule has 1 aliphatic heterocycles. The molecule has 11 heteroatoms. The molecule has 3 aromatic heterocycles. The van der Waals surface area contributed by atoms with E-state index in [1.54, 1.807) is 6.07 Å². The van der Waals surface area contributed by atoms with Gasteiger partial charge in [0.05, 0.1) is 11.7 Å². The zero-order valence-corrected chi connectivity index (χ0v) is 21.7. The molecule has 0 bridgehead atoms. The molecule has 1 aliphatic rings. The summed E-state index contributed by atoms with van der Waals surface area (Å²) < 4.78 is 31.7. The number of hydrogen-bond acceptors (Lipinski definition) is 8. The first-order valence-corrected chi connectivity index (χ1v) is 13.0. The summed E-state index contributed by atoms with van der Waals surface area (Å²) in [4.78, 5) is 23.2. The Balaban J connectivity index is 1.37. The van der Waals surface area contributed by atoms with Crippen LogP contribution < -0.4 is 5.32 Å². The summed E-state index contributed by atoms with van der Waals surface area (Å²) in [5, 5.41) is 3.71. The van der Waals surface area contributed by atoms with Crippen molar-refractivity contribution in [2.24, 2.45) is 0 Å². The van der Waals surface area contributed by atoms with Gasteiger partial charge in [-0.3, -0.25) is 4.90 Å². The number of nitrogens with zero attached hydrogens (tertiary/aromatic N) is 7. The fourth-order valence-corrected chi connectivity index (χ4v) is 5.55. The van der Waals surface area contributed by atoms with Crippen LogP contribution in [0.4, 0.5) is 19.9 Å². The van der Waals surface area contributed by atoms with Crippen LogP contribution in [-0.4, -0.2) is 67.0 Å². The summed E-state index contributed by atoms with van der Waals surface area (Å²) in [7, 11) is 0. The van der Waals surface area contributed by atoms with Crippen LogP contribution in [0, 0.1) is 18.6 Å². The van der Waals surface area contributed by atoms with Crippen LogP contribution in [0.15, 0.2) is 24.5 Å². The molecule has 4 heterocycles. The molecule has 0 aliphatic carbocycles. The van der Waals surface area contributed by atoms with E-state index in [0.29, 0.717) is 22.0 Å². The minimum Gasteiger partial charge on any atom is -0.326 e. The van der Waals surface area contributed by atoms with Crippen molar-refractivity contribution < 1.29 is 8.78 Å².